The Hall–Kier alpha value is -1.43. The molecule has 1 aromatic rings. The number of rotatable bonds is 6. The zero-order valence-corrected chi connectivity index (χ0v) is 10.7. The summed E-state index contributed by atoms with van der Waals surface area (Å²) >= 11 is 5.85. The van der Waals surface area contributed by atoms with Crippen molar-refractivity contribution in [2.24, 2.45) is 0 Å². The minimum absolute atomic E-state index is 0.0430. The molecule has 1 rings (SSSR count). The highest BCUT2D eigenvalue weighted by atomic mass is 35.5. The van der Waals surface area contributed by atoms with E-state index >= 15 is 0 Å². The highest BCUT2D eigenvalue weighted by Crippen LogP contribution is 2.24. The summed E-state index contributed by atoms with van der Waals surface area (Å²) in [5.41, 5.74) is 0.575. The minimum atomic E-state index is -4.12. The molecule has 0 unspecified atom stereocenters. The van der Waals surface area contributed by atoms with E-state index in [-0.39, 0.29) is 17.0 Å². The Kier molecular flexibility index (Phi) is 5.47. The summed E-state index contributed by atoms with van der Waals surface area (Å²) in [5.74, 6) is -1.08. The molecule has 0 fully saturated rings. The number of hydrogen-bond donors (Lipinski definition) is 2. The third-order valence-corrected chi connectivity index (χ3v) is 2.73. The second kappa shape index (κ2) is 6.65. The lowest BCUT2D eigenvalue weighted by Gasteiger charge is -2.09. The fourth-order valence-electron chi connectivity index (χ4n) is 1.47. The fraction of sp³-hybridized carbons (Fsp3) is 0.417. The van der Waals surface area contributed by atoms with Crippen LogP contribution in [0.4, 0.5) is 18.9 Å². The number of alkyl halides is 3. The van der Waals surface area contributed by atoms with Crippen LogP contribution in [-0.2, 0) is 0 Å². The van der Waals surface area contributed by atoms with Gasteiger partial charge >= 0.3 is 12.1 Å². The molecule has 0 amide bonds. The van der Waals surface area contributed by atoms with Gasteiger partial charge in [-0.15, -0.1) is 0 Å². The molecule has 0 bridgehead atoms. The van der Waals surface area contributed by atoms with Crippen molar-refractivity contribution in [2.45, 2.75) is 25.4 Å². The average Bonchev–Trinajstić information content (AvgIpc) is 2.28. The van der Waals surface area contributed by atoms with Crippen LogP contribution in [0.1, 0.15) is 29.6 Å². The van der Waals surface area contributed by atoms with E-state index in [2.05, 4.69) is 5.32 Å². The number of carboxylic acids is 1. The van der Waals surface area contributed by atoms with Gasteiger partial charge in [-0.1, -0.05) is 11.6 Å². The van der Waals surface area contributed by atoms with Crippen LogP contribution in [0.25, 0.3) is 0 Å². The number of nitrogens with one attached hydrogen (secondary N) is 1. The van der Waals surface area contributed by atoms with Gasteiger partial charge in [-0.05, 0) is 31.0 Å². The summed E-state index contributed by atoms with van der Waals surface area (Å²) in [6, 6.07) is 4.17. The van der Waals surface area contributed by atoms with Crippen molar-refractivity contribution in [1.82, 2.24) is 0 Å². The van der Waals surface area contributed by atoms with Crippen LogP contribution in [0.15, 0.2) is 18.2 Å². The van der Waals surface area contributed by atoms with Gasteiger partial charge in [0.05, 0.1) is 16.3 Å². The van der Waals surface area contributed by atoms with Crippen LogP contribution in [0.5, 0.6) is 0 Å². The number of benzene rings is 1. The summed E-state index contributed by atoms with van der Waals surface area (Å²) < 4.78 is 35.7. The van der Waals surface area contributed by atoms with Gasteiger partial charge in [-0.2, -0.15) is 13.2 Å². The quantitative estimate of drug-likeness (QED) is 0.774. The Balaban J connectivity index is 2.40. The van der Waals surface area contributed by atoms with Crippen LogP contribution < -0.4 is 5.32 Å². The first-order valence-corrected chi connectivity index (χ1v) is 6.01. The number of hydrogen-bond acceptors (Lipinski definition) is 2. The number of halogens is 4. The summed E-state index contributed by atoms with van der Waals surface area (Å²) in [5, 5.41) is 11.8. The molecule has 0 radical (unpaired) electrons. The molecule has 7 heteroatoms. The molecule has 0 atom stereocenters. The molecule has 3 nitrogen and oxygen atoms in total. The molecule has 0 aliphatic rings. The average molecular weight is 296 g/mol. The first kappa shape index (κ1) is 15.6. The lowest BCUT2D eigenvalue weighted by Crippen LogP contribution is -2.09. The van der Waals surface area contributed by atoms with Crippen molar-refractivity contribution in [1.29, 1.82) is 0 Å². The Bertz CT molecular complexity index is 449. The second-order valence-electron chi connectivity index (χ2n) is 4.00. The van der Waals surface area contributed by atoms with E-state index in [4.69, 9.17) is 16.7 Å². The molecule has 19 heavy (non-hydrogen) atoms. The zero-order chi connectivity index (χ0) is 14.5. The van der Waals surface area contributed by atoms with E-state index in [1.807, 2.05) is 0 Å². The smallest absolute Gasteiger partial charge is 0.389 e. The van der Waals surface area contributed by atoms with E-state index in [0.717, 1.165) is 0 Å². The molecule has 0 aliphatic heterocycles. The predicted octanol–water partition coefficient (Wildman–Crippen LogP) is 4.18. The van der Waals surface area contributed by atoms with Crippen molar-refractivity contribution in [3.63, 3.8) is 0 Å². The molecule has 0 aliphatic carbocycles. The molecule has 0 heterocycles. The Morgan fingerprint density at radius 3 is 2.53 bits per heavy atom. The van der Waals surface area contributed by atoms with E-state index in [1.165, 1.54) is 18.2 Å². The van der Waals surface area contributed by atoms with Gasteiger partial charge in [0.2, 0.25) is 0 Å². The normalized spacial score (nSPS) is 11.4. The predicted molar refractivity (Wildman–Crippen MR) is 66.8 cm³/mol. The van der Waals surface area contributed by atoms with E-state index in [1.54, 1.807) is 0 Å². The highest BCUT2D eigenvalue weighted by molar-refractivity contribution is 6.33. The third-order valence-electron chi connectivity index (χ3n) is 2.42. The molecule has 1 aromatic carbocycles. The number of unbranched alkanes of at least 4 members (excludes halogenated alkanes) is 1. The summed E-state index contributed by atoms with van der Waals surface area (Å²) in [4.78, 5) is 10.7. The number of aromatic carboxylic acids is 1. The van der Waals surface area contributed by atoms with Crippen LogP contribution in [0.2, 0.25) is 5.02 Å². The summed E-state index contributed by atoms with van der Waals surface area (Å²) in [7, 11) is 0. The van der Waals surface area contributed by atoms with Crippen LogP contribution in [-0.4, -0.2) is 23.8 Å². The lowest BCUT2D eigenvalue weighted by molar-refractivity contribution is -0.135. The monoisotopic (exact) mass is 295 g/mol. The number of carboxylic acid groups (broad SMARTS) is 1. The number of carbonyl (C=O) groups is 1. The Morgan fingerprint density at radius 1 is 1.32 bits per heavy atom. The molecular weight excluding hydrogens is 283 g/mol. The highest BCUT2D eigenvalue weighted by Gasteiger charge is 2.25. The largest absolute Gasteiger partial charge is 0.478 e. The summed E-state index contributed by atoms with van der Waals surface area (Å²) in [6.45, 7) is 0.349. The lowest BCUT2D eigenvalue weighted by atomic mass is 10.2. The molecule has 2 N–H and O–H groups in total. The maximum Gasteiger partial charge on any atom is 0.389 e. The van der Waals surface area contributed by atoms with Crippen molar-refractivity contribution in [2.75, 3.05) is 11.9 Å². The topological polar surface area (TPSA) is 49.3 Å². The molecule has 0 spiro atoms. The standard InChI is InChI=1S/C12H13ClF3NO2/c13-9-7-8(11(18)19)3-4-10(9)17-6-2-1-5-12(14,15)16/h3-4,7,17H,1-2,5-6H2,(H,18,19). The molecule has 106 valence electrons. The Morgan fingerprint density at radius 2 is 2.00 bits per heavy atom. The van der Waals surface area contributed by atoms with Gasteiger partial charge in [0.15, 0.2) is 0 Å². The molecule has 0 aromatic heterocycles. The van der Waals surface area contributed by atoms with Gasteiger partial charge in [-0.3, -0.25) is 0 Å². The minimum Gasteiger partial charge on any atom is -0.478 e. The zero-order valence-electron chi connectivity index (χ0n) is 9.93. The van der Waals surface area contributed by atoms with Crippen LogP contribution in [0.3, 0.4) is 0 Å². The van der Waals surface area contributed by atoms with Gasteiger partial charge in [0.1, 0.15) is 0 Å². The Labute approximate surface area is 113 Å². The van der Waals surface area contributed by atoms with Crippen molar-refractivity contribution in [3.05, 3.63) is 28.8 Å². The fourth-order valence-corrected chi connectivity index (χ4v) is 1.71. The molecule has 0 saturated carbocycles. The first-order chi connectivity index (χ1) is 8.79. The van der Waals surface area contributed by atoms with Crippen molar-refractivity contribution >= 4 is 23.3 Å². The van der Waals surface area contributed by atoms with Crippen LogP contribution >= 0.6 is 11.6 Å². The first-order valence-electron chi connectivity index (χ1n) is 5.63. The van der Waals surface area contributed by atoms with Gasteiger partial charge < -0.3 is 10.4 Å². The van der Waals surface area contributed by atoms with Gasteiger partial charge in [0.25, 0.3) is 0 Å². The van der Waals surface area contributed by atoms with E-state index < -0.39 is 18.6 Å². The van der Waals surface area contributed by atoms with E-state index in [0.29, 0.717) is 18.7 Å². The third kappa shape index (κ3) is 5.83. The molecular formula is C12H13ClF3NO2. The maximum atomic E-state index is 11.9. The van der Waals surface area contributed by atoms with Crippen LogP contribution in [0, 0.1) is 0 Å². The second-order valence-corrected chi connectivity index (χ2v) is 4.41. The summed E-state index contributed by atoms with van der Waals surface area (Å²) in [6.07, 6.45) is -4.53. The molecule has 0 saturated heterocycles. The van der Waals surface area contributed by atoms with Crippen molar-refractivity contribution in [3.8, 4) is 0 Å². The maximum absolute atomic E-state index is 11.9. The van der Waals surface area contributed by atoms with Gasteiger partial charge in [-0.25, -0.2) is 4.79 Å². The van der Waals surface area contributed by atoms with E-state index in [9.17, 15) is 18.0 Å². The SMILES string of the molecule is O=C(O)c1ccc(NCCCCC(F)(F)F)c(Cl)c1. The van der Waals surface area contributed by atoms with Crippen molar-refractivity contribution < 1.29 is 23.1 Å². The number of anilines is 1. The van der Waals surface area contributed by atoms with Gasteiger partial charge in [0, 0.05) is 13.0 Å².